The molecule has 1 fully saturated rings. The number of benzene rings is 1. The standard InChI is InChI=1S/C15H21N3O2/c16-14-2-1-12-3-4-17(10-13(12)9-14)11-15(19)18-5-7-20-8-6-18/h1-2,9H,3-8,10-11,16H2. The van der Waals surface area contributed by atoms with Gasteiger partial charge in [-0.05, 0) is 29.7 Å². The van der Waals surface area contributed by atoms with Gasteiger partial charge in [0.05, 0.1) is 19.8 Å². The van der Waals surface area contributed by atoms with E-state index in [4.69, 9.17) is 10.5 Å². The van der Waals surface area contributed by atoms with E-state index in [9.17, 15) is 4.79 Å². The Bertz CT molecular complexity index is 498. The van der Waals surface area contributed by atoms with Gasteiger partial charge in [-0.25, -0.2) is 0 Å². The molecule has 1 saturated heterocycles. The first-order valence-corrected chi connectivity index (χ1v) is 7.17. The number of nitrogens with zero attached hydrogens (tertiary/aromatic N) is 2. The topological polar surface area (TPSA) is 58.8 Å². The quantitative estimate of drug-likeness (QED) is 0.798. The molecule has 0 unspecified atom stereocenters. The Morgan fingerprint density at radius 2 is 2.00 bits per heavy atom. The van der Waals surface area contributed by atoms with Gasteiger partial charge in [-0.3, -0.25) is 9.69 Å². The number of anilines is 1. The van der Waals surface area contributed by atoms with E-state index in [1.165, 1.54) is 11.1 Å². The van der Waals surface area contributed by atoms with Gasteiger partial charge in [-0.15, -0.1) is 0 Å². The average Bonchev–Trinajstić information content (AvgIpc) is 2.47. The normalized spacial score (nSPS) is 19.7. The second kappa shape index (κ2) is 5.81. The summed E-state index contributed by atoms with van der Waals surface area (Å²) >= 11 is 0. The fraction of sp³-hybridized carbons (Fsp3) is 0.533. The molecule has 2 heterocycles. The number of nitrogens with two attached hydrogens (primary N) is 1. The Balaban J connectivity index is 1.60. The Hall–Kier alpha value is -1.59. The van der Waals surface area contributed by atoms with Gasteiger partial charge in [0, 0.05) is 31.9 Å². The van der Waals surface area contributed by atoms with E-state index in [0.717, 1.165) is 38.3 Å². The van der Waals surface area contributed by atoms with Crippen molar-refractivity contribution in [2.24, 2.45) is 0 Å². The van der Waals surface area contributed by atoms with Crippen molar-refractivity contribution >= 4 is 11.6 Å². The summed E-state index contributed by atoms with van der Waals surface area (Å²) in [4.78, 5) is 16.4. The monoisotopic (exact) mass is 275 g/mol. The SMILES string of the molecule is Nc1ccc2c(c1)CN(CC(=O)N1CCOCC1)CC2. The molecule has 2 aliphatic rings. The molecule has 1 aromatic rings. The second-order valence-corrected chi connectivity index (χ2v) is 5.48. The van der Waals surface area contributed by atoms with Crippen molar-refractivity contribution < 1.29 is 9.53 Å². The fourth-order valence-electron chi connectivity index (χ4n) is 2.87. The lowest BCUT2D eigenvalue weighted by Crippen LogP contribution is -2.46. The third-order valence-electron chi connectivity index (χ3n) is 4.04. The lowest BCUT2D eigenvalue weighted by atomic mass is 9.99. The Morgan fingerprint density at radius 3 is 2.80 bits per heavy atom. The van der Waals surface area contributed by atoms with Crippen LogP contribution in [0.3, 0.4) is 0 Å². The van der Waals surface area contributed by atoms with Crippen LogP contribution in [0.15, 0.2) is 18.2 Å². The first kappa shape index (κ1) is 13.4. The second-order valence-electron chi connectivity index (χ2n) is 5.48. The molecular formula is C15H21N3O2. The van der Waals surface area contributed by atoms with Crippen LogP contribution in [0.1, 0.15) is 11.1 Å². The molecule has 3 rings (SSSR count). The number of carbonyl (C=O) groups is 1. The minimum Gasteiger partial charge on any atom is -0.399 e. The number of morpholine rings is 1. The van der Waals surface area contributed by atoms with Crippen LogP contribution >= 0.6 is 0 Å². The fourth-order valence-corrected chi connectivity index (χ4v) is 2.87. The number of hydrogen-bond donors (Lipinski definition) is 1. The summed E-state index contributed by atoms with van der Waals surface area (Å²) in [6.45, 7) is 5.00. The highest BCUT2D eigenvalue weighted by Gasteiger charge is 2.22. The van der Waals surface area contributed by atoms with Crippen molar-refractivity contribution in [3.63, 3.8) is 0 Å². The van der Waals surface area contributed by atoms with Crippen LogP contribution < -0.4 is 5.73 Å². The van der Waals surface area contributed by atoms with E-state index >= 15 is 0 Å². The maximum atomic E-state index is 12.2. The highest BCUT2D eigenvalue weighted by Crippen LogP contribution is 2.21. The number of amides is 1. The zero-order valence-corrected chi connectivity index (χ0v) is 11.7. The Labute approximate surface area is 119 Å². The summed E-state index contributed by atoms with van der Waals surface area (Å²) in [5, 5.41) is 0. The van der Waals surface area contributed by atoms with Crippen LogP contribution in [0.4, 0.5) is 5.69 Å². The maximum absolute atomic E-state index is 12.2. The van der Waals surface area contributed by atoms with Gasteiger partial charge >= 0.3 is 0 Å². The summed E-state index contributed by atoms with van der Waals surface area (Å²) < 4.78 is 5.28. The van der Waals surface area contributed by atoms with Crippen LogP contribution in [0.5, 0.6) is 0 Å². The molecule has 0 bridgehead atoms. The molecule has 1 aromatic carbocycles. The van der Waals surface area contributed by atoms with E-state index < -0.39 is 0 Å². The van der Waals surface area contributed by atoms with Crippen LogP contribution in [-0.2, 0) is 22.5 Å². The van der Waals surface area contributed by atoms with E-state index in [2.05, 4.69) is 11.0 Å². The molecule has 2 aliphatic heterocycles. The van der Waals surface area contributed by atoms with Crippen molar-refractivity contribution in [1.29, 1.82) is 0 Å². The third-order valence-corrected chi connectivity index (χ3v) is 4.04. The molecule has 1 amide bonds. The maximum Gasteiger partial charge on any atom is 0.236 e. The molecule has 0 atom stereocenters. The van der Waals surface area contributed by atoms with Gasteiger partial charge < -0.3 is 15.4 Å². The molecule has 0 aromatic heterocycles. The third kappa shape index (κ3) is 2.94. The number of carbonyl (C=O) groups excluding carboxylic acids is 1. The Morgan fingerprint density at radius 1 is 1.20 bits per heavy atom. The zero-order valence-electron chi connectivity index (χ0n) is 11.7. The van der Waals surface area contributed by atoms with Gasteiger partial charge in [0.2, 0.25) is 5.91 Å². The predicted octanol–water partition coefficient (Wildman–Crippen LogP) is 0.486. The predicted molar refractivity (Wildman–Crippen MR) is 77.2 cm³/mol. The zero-order chi connectivity index (χ0) is 13.9. The highest BCUT2D eigenvalue weighted by atomic mass is 16.5. The van der Waals surface area contributed by atoms with Gasteiger partial charge in [-0.1, -0.05) is 6.07 Å². The molecule has 2 N–H and O–H groups in total. The van der Waals surface area contributed by atoms with Crippen LogP contribution in [0, 0.1) is 0 Å². The molecule has 0 aliphatic carbocycles. The first-order valence-electron chi connectivity index (χ1n) is 7.17. The molecule has 5 nitrogen and oxygen atoms in total. The number of fused-ring (bicyclic) bond motifs is 1. The molecule has 5 heteroatoms. The molecular weight excluding hydrogens is 254 g/mol. The summed E-state index contributed by atoms with van der Waals surface area (Å²) in [6, 6.07) is 6.08. The minimum absolute atomic E-state index is 0.209. The van der Waals surface area contributed by atoms with Crippen molar-refractivity contribution in [3.8, 4) is 0 Å². The number of hydrogen-bond acceptors (Lipinski definition) is 4. The van der Waals surface area contributed by atoms with Crippen LogP contribution in [0.2, 0.25) is 0 Å². The van der Waals surface area contributed by atoms with Gasteiger partial charge in [0.1, 0.15) is 0 Å². The molecule has 20 heavy (non-hydrogen) atoms. The Kier molecular flexibility index (Phi) is 3.89. The van der Waals surface area contributed by atoms with Gasteiger partial charge in [0.15, 0.2) is 0 Å². The largest absolute Gasteiger partial charge is 0.399 e. The summed E-state index contributed by atoms with van der Waals surface area (Å²) in [6.07, 6.45) is 0.992. The number of nitrogen functional groups attached to an aromatic ring is 1. The highest BCUT2D eigenvalue weighted by molar-refractivity contribution is 5.78. The lowest BCUT2D eigenvalue weighted by Gasteiger charge is -2.32. The summed E-state index contributed by atoms with van der Waals surface area (Å²) in [5.74, 6) is 0.209. The minimum atomic E-state index is 0.209. The van der Waals surface area contributed by atoms with E-state index in [1.807, 2.05) is 17.0 Å². The van der Waals surface area contributed by atoms with Crippen LogP contribution in [0.25, 0.3) is 0 Å². The van der Waals surface area contributed by atoms with E-state index in [1.54, 1.807) is 0 Å². The van der Waals surface area contributed by atoms with E-state index in [0.29, 0.717) is 19.8 Å². The summed E-state index contributed by atoms with van der Waals surface area (Å²) in [5.41, 5.74) is 9.25. The van der Waals surface area contributed by atoms with Crippen LogP contribution in [-0.4, -0.2) is 55.1 Å². The average molecular weight is 275 g/mol. The molecule has 0 radical (unpaired) electrons. The van der Waals surface area contributed by atoms with Crippen molar-refractivity contribution in [2.45, 2.75) is 13.0 Å². The van der Waals surface area contributed by atoms with Crippen molar-refractivity contribution in [3.05, 3.63) is 29.3 Å². The lowest BCUT2D eigenvalue weighted by molar-refractivity contribution is -0.136. The molecule has 108 valence electrons. The van der Waals surface area contributed by atoms with Crippen molar-refractivity contribution in [1.82, 2.24) is 9.80 Å². The smallest absolute Gasteiger partial charge is 0.236 e. The summed E-state index contributed by atoms with van der Waals surface area (Å²) in [7, 11) is 0. The van der Waals surface area contributed by atoms with Gasteiger partial charge in [-0.2, -0.15) is 0 Å². The number of ether oxygens (including phenoxy) is 1. The molecule has 0 spiro atoms. The number of rotatable bonds is 2. The first-order chi connectivity index (χ1) is 9.72. The van der Waals surface area contributed by atoms with Gasteiger partial charge in [0.25, 0.3) is 0 Å². The molecule has 0 saturated carbocycles. The van der Waals surface area contributed by atoms with E-state index in [-0.39, 0.29) is 5.91 Å². The van der Waals surface area contributed by atoms with Crippen molar-refractivity contribution in [2.75, 3.05) is 45.1 Å².